The molecular weight excluding hydrogens is 141 g/mol. The third-order valence-electron chi connectivity index (χ3n) is 1.99. The third-order valence-corrected chi connectivity index (χ3v) is 2.45. The Morgan fingerprint density at radius 3 is 2.50 bits per heavy atom. The first kappa shape index (κ1) is 8.27. The Morgan fingerprint density at radius 1 is 1.20 bits per heavy atom. The summed E-state index contributed by atoms with van der Waals surface area (Å²) in [6.45, 7) is 3.81. The number of hydrogen-bond acceptors (Lipinski definition) is 1. The molecule has 0 aromatic rings. The molecule has 1 aliphatic heterocycles. The molecule has 0 radical (unpaired) electrons. The summed E-state index contributed by atoms with van der Waals surface area (Å²) >= 11 is 0. The van der Waals surface area contributed by atoms with Gasteiger partial charge in [0.2, 0.25) is 0 Å². The van der Waals surface area contributed by atoms with Crippen LogP contribution in [0.3, 0.4) is 0 Å². The van der Waals surface area contributed by atoms with Gasteiger partial charge in [-0.05, 0) is 0 Å². The average Bonchev–Trinajstić information content (AvgIpc) is 2.03. The fourth-order valence-electron chi connectivity index (χ4n) is 1.38. The van der Waals surface area contributed by atoms with Crippen LogP contribution in [0.15, 0.2) is 0 Å². The van der Waals surface area contributed by atoms with E-state index in [1.54, 1.807) is 0 Å². The molecule has 56 valence electrons. The van der Waals surface area contributed by atoms with E-state index in [4.69, 9.17) is 6.13 Å². The van der Waals surface area contributed by atoms with E-state index in [1.807, 2.05) is 0 Å². The summed E-state index contributed by atoms with van der Waals surface area (Å²) in [4.78, 5) is 2.52. The molecule has 1 saturated heterocycles. The number of rotatable bonds is 2. The van der Waals surface area contributed by atoms with Crippen LogP contribution in [0.5, 0.6) is 0 Å². The van der Waals surface area contributed by atoms with Crippen molar-refractivity contribution in [2.75, 3.05) is 25.8 Å². The molecule has 0 N–H and O–H groups in total. The predicted octanol–water partition coefficient (Wildman–Crippen LogP) is 2.01. The quantitative estimate of drug-likeness (QED) is 0.553. The molecule has 1 fully saturated rings. The van der Waals surface area contributed by atoms with Crippen molar-refractivity contribution in [1.29, 1.82) is 0 Å². The number of hydrogen-bond donors (Lipinski definition) is 0. The molecule has 0 aliphatic carbocycles. The minimum atomic E-state index is 1.05. The van der Waals surface area contributed by atoms with Crippen molar-refractivity contribution < 1.29 is 0 Å². The molecule has 1 heterocycles. The molecule has 2 heteroatoms. The number of likely N-dealkylation sites (tertiary alicyclic amines) is 1. The van der Waals surface area contributed by atoms with Gasteiger partial charge in [0, 0.05) is 0 Å². The number of nitrogens with zero attached hydrogens (tertiary/aromatic N) is 1. The summed E-state index contributed by atoms with van der Waals surface area (Å²) in [5.41, 5.74) is 0. The van der Waals surface area contributed by atoms with E-state index in [1.165, 1.54) is 38.9 Å². The molecule has 0 aromatic carbocycles. The third kappa shape index (κ3) is 2.84. The van der Waals surface area contributed by atoms with Crippen molar-refractivity contribution in [1.82, 2.24) is 4.90 Å². The predicted molar refractivity (Wildman–Crippen MR) is 47.0 cm³/mol. The van der Waals surface area contributed by atoms with E-state index in [-0.39, 0.29) is 0 Å². The first-order valence-corrected chi connectivity index (χ1v) is 5.17. The SMILES string of the molecule is C#[P+]CCN1CCCCC1. The molecule has 1 aliphatic rings. The van der Waals surface area contributed by atoms with Gasteiger partial charge in [-0.1, -0.05) is 0 Å². The summed E-state index contributed by atoms with van der Waals surface area (Å²) in [6, 6.07) is 0. The van der Waals surface area contributed by atoms with Gasteiger partial charge in [0.05, 0.1) is 0 Å². The van der Waals surface area contributed by atoms with E-state index in [2.05, 4.69) is 4.90 Å². The summed E-state index contributed by atoms with van der Waals surface area (Å²) in [5.74, 6) is 0. The number of piperidine rings is 1. The molecule has 0 amide bonds. The van der Waals surface area contributed by atoms with Crippen LogP contribution in [0.25, 0.3) is 0 Å². The Bertz CT molecular complexity index is 122. The molecule has 0 spiro atoms. The second-order valence-corrected chi connectivity index (χ2v) is 3.62. The van der Waals surface area contributed by atoms with Crippen LogP contribution >= 0.6 is 8.04 Å². The Labute approximate surface area is 64.9 Å². The monoisotopic (exact) mass is 156 g/mol. The van der Waals surface area contributed by atoms with Crippen molar-refractivity contribution in [3.63, 3.8) is 0 Å². The van der Waals surface area contributed by atoms with Gasteiger partial charge in [-0.15, -0.1) is 0 Å². The molecule has 1 nitrogen and oxygen atoms in total. The van der Waals surface area contributed by atoms with Crippen molar-refractivity contribution in [3.05, 3.63) is 0 Å². The van der Waals surface area contributed by atoms with Gasteiger partial charge >= 0.3 is 64.1 Å². The summed E-state index contributed by atoms with van der Waals surface area (Å²) in [6.07, 6.45) is 10.7. The van der Waals surface area contributed by atoms with Gasteiger partial charge in [0.15, 0.2) is 0 Å². The first-order chi connectivity index (χ1) is 4.93. The van der Waals surface area contributed by atoms with Crippen LogP contribution in [-0.2, 0) is 0 Å². The van der Waals surface area contributed by atoms with Crippen LogP contribution in [0.2, 0.25) is 0 Å². The van der Waals surface area contributed by atoms with Crippen molar-refractivity contribution in [2.45, 2.75) is 19.3 Å². The Balaban J connectivity index is 2.09. The molecule has 0 unspecified atom stereocenters. The zero-order valence-electron chi connectivity index (χ0n) is 6.42. The Kier molecular flexibility index (Phi) is 4.06. The summed E-state index contributed by atoms with van der Waals surface area (Å²) in [5, 5.41) is 0. The molecule has 1 rings (SSSR count). The van der Waals surface area contributed by atoms with Crippen LogP contribution in [0, 0.1) is 6.13 Å². The van der Waals surface area contributed by atoms with Crippen LogP contribution < -0.4 is 0 Å². The summed E-state index contributed by atoms with van der Waals surface area (Å²) < 4.78 is 0. The zero-order chi connectivity index (χ0) is 7.23. The van der Waals surface area contributed by atoms with E-state index < -0.39 is 0 Å². The molecular formula is C8H15NP+. The van der Waals surface area contributed by atoms with E-state index in [0.29, 0.717) is 0 Å². The van der Waals surface area contributed by atoms with Crippen LogP contribution in [0.1, 0.15) is 19.3 Å². The first-order valence-electron chi connectivity index (χ1n) is 4.02. The second kappa shape index (κ2) is 4.91. The van der Waals surface area contributed by atoms with E-state index >= 15 is 0 Å². The van der Waals surface area contributed by atoms with Crippen molar-refractivity contribution in [2.24, 2.45) is 0 Å². The fraction of sp³-hybridized carbons (Fsp3) is 0.875. The van der Waals surface area contributed by atoms with Crippen molar-refractivity contribution in [3.8, 4) is 6.13 Å². The normalized spacial score (nSPS) is 20.7. The average molecular weight is 156 g/mol. The molecule has 10 heavy (non-hydrogen) atoms. The van der Waals surface area contributed by atoms with Crippen LogP contribution in [0.4, 0.5) is 0 Å². The molecule has 0 bridgehead atoms. The van der Waals surface area contributed by atoms with Gasteiger partial charge in [0.25, 0.3) is 0 Å². The maximum atomic E-state index is 5.39. The fourth-order valence-corrected chi connectivity index (χ4v) is 1.78. The standard InChI is InChI=1S/C8H15NP/c1-10-8-7-9-5-3-2-4-6-9/h1H,2-8H2/q+1. The van der Waals surface area contributed by atoms with Gasteiger partial charge in [-0.2, -0.15) is 0 Å². The summed E-state index contributed by atoms with van der Waals surface area (Å²) in [7, 11) is 1.05. The topological polar surface area (TPSA) is 3.24 Å². The molecule has 0 atom stereocenters. The molecule has 0 aromatic heterocycles. The van der Waals surface area contributed by atoms with E-state index in [9.17, 15) is 0 Å². The minimum absolute atomic E-state index is 1.05. The van der Waals surface area contributed by atoms with E-state index in [0.717, 1.165) is 14.2 Å². The zero-order valence-corrected chi connectivity index (χ0v) is 7.32. The van der Waals surface area contributed by atoms with Crippen molar-refractivity contribution >= 4 is 8.04 Å². The van der Waals surface area contributed by atoms with Gasteiger partial charge in [-0.25, -0.2) is 0 Å². The van der Waals surface area contributed by atoms with Crippen LogP contribution in [-0.4, -0.2) is 30.7 Å². The van der Waals surface area contributed by atoms with Gasteiger partial charge < -0.3 is 0 Å². The van der Waals surface area contributed by atoms with Gasteiger partial charge in [-0.3, -0.25) is 0 Å². The maximum absolute atomic E-state index is 5.39. The Hall–Kier alpha value is 0.170. The second-order valence-electron chi connectivity index (χ2n) is 2.81. The molecule has 0 saturated carbocycles. The Morgan fingerprint density at radius 2 is 1.90 bits per heavy atom. The van der Waals surface area contributed by atoms with Gasteiger partial charge in [0.1, 0.15) is 0 Å².